The lowest BCUT2D eigenvalue weighted by Crippen LogP contribution is -2.51. The summed E-state index contributed by atoms with van der Waals surface area (Å²) in [7, 11) is 2.14. The van der Waals surface area contributed by atoms with Crippen molar-refractivity contribution in [1.29, 1.82) is 0 Å². The van der Waals surface area contributed by atoms with Gasteiger partial charge in [-0.05, 0) is 32.5 Å². The Hall–Kier alpha value is -1.35. The van der Waals surface area contributed by atoms with Crippen molar-refractivity contribution in [2.45, 2.75) is 31.8 Å². The summed E-state index contributed by atoms with van der Waals surface area (Å²) in [5.74, 6) is 0.684. The number of hydrogen-bond donors (Lipinski definition) is 0. The summed E-state index contributed by atoms with van der Waals surface area (Å²) in [4.78, 5) is 17.0. The standard InChI is InChI=1S/C15H20N2O/c1-10(2)17-14-9-16(3)8-13(14)11-6-4-5-7-12(11)15(17)18/h4-7,10,13-14H,8-9H2,1-3H3. The third-order valence-corrected chi connectivity index (χ3v) is 4.21. The van der Waals surface area contributed by atoms with Crippen LogP contribution in [0.25, 0.3) is 0 Å². The topological polar surface area (TPSA) is 23.6 Å². The fourth-order valence-electron chi connectivity index (χ4n) is 3.49. The van der Waals surface area contributed by atoms with Crippen LogP contribution < -0.4 is 0 Å². The van der Waals surface area contributed by atoms with E-state index in [1.54, 1.807) is 0 Å². The van der Waals surface area contributed by atoms with Gasteiger partial charge in [0.05, 0.1) is 6.04 Å². The zero-order valence-electron chi connectivity index (χ0n) is 11.3. The molecule has 0 bridgehead atoms. The van der Waals surface area contributed by atoms with E-state index in [4.69, 9.17) is 0 Å². The van der Waals surface area contributed by atoms with Gasteiger partial charge in [-0.25, -0.2) is 0 Å². The van der Waals surface area contributed by atoms with E-state index in [1.165, 1.54) is 5.56 Å². The van der Waals surface area contributed by atoms with Gasteiger partial charge in [0.15, 0.2) is 0 Å². The van der Waals surface area contributed by atoms with Crippen molar-refractivity contribution in [3.63, 3.8) is 0 Å². The van der Waals surface area contributed by atoms with Crippen LogP contribution in [0.5, 0.6) is 0 Å². The van der Waals surface area contributed by atoms with E-state index in [9.17, 15) is 4.79 Å². The van der Waals surface area contributed by atoms with Crippen molar-refractivity contribution < 1.29 is 4.79 Å². The maximum atomic E-state index is 12.6. The molecule has 96 valence electrons. The van der Waals surface area contributed by atoms with Crippen LogP contribution in [-0.4, -0.2) is 47.9 Å². The molecule has 2 aliphatic heterocycles. The molecule has 0 N–H and O–H groups in total. The van der Waals surface area contributed by atoms with Gasteiger partial charge in [0.25, 0.3) is 5.91 Å². The molecule has 1 aromatic rings. The number of hydrogen-bond acceptors (Lipinski definition) is 2. The molecule has 1 aromatic carbocycles. The smallest absolute Gasteiger partial charge is 0.254 e. The fourth-order valence-corrected chi connectivity index (χ4v) is 3.49. The van der Waals surface area contributed by atoms with Gasteiger partial charge >= 0.3 is 0 Å². The first-order valence-electron chi connectivity index (χ1n) is 6.69. The molecular formula is C15H20N2O. The molecule has 2 atom stereocenters. The minimum absolute atomic E-state index is 0.206. The molecule has 2 unspecified atom stereocenters. The van der Waals surface area contributed by atoms with E-state index in [2.05, 4.69) is 36.8 Å². The Morgan fingerprint density at radius 2 is 1.94 bits per heavy atom. The van der Waals surface area contributed by atoms with Crippen molar-refractivity contribution in [2.75, 3.05) is 20.1 Å². The molecule has 3 rings (SSSR count). The molecular weight excluding hydrogens is 224 g/mol. The van der Waals surface area contributed by atoms with Crippen molar-refractivity contribution in [3.05, 3.63) is 35.4 Å². The molecule has 0 aliphatic carbocycles. The van der Waals surface area contributed by atoms with Crippen molar-refractivity contribution in [2.24, 2.45) is 0 Å². The van der Waals surface area contributed by atoms with Gasteiger partial charge in [0.2, 0.25) is 0 Å². The third kappa shape index (κ3) is 1.57. The number of fused-ring (bicyclic) bond motifs is 3. The van der Waals surface area contributed by atoms with Crippen LogP contribution in [0, 0.1) is 0 Å². The summed E-state index contributed by atoms with van der Waals surface area (Å²) in [5.41, 5.74) is 2.15. The minimum atomic E-state index is 0.206. The van der Waals surface area contributed by atoms with Crippen molar-refractivity contribution in [1.82, 2.24) is 9.80 Å². The van der Waals surface area contributed by atoms with E-state index in [0.29, 0.717) is 12.0 Å². The number of nitrogens with zero attached hydrogens (tertiary/aromatic N) is 2. The lowest BCUT2D eigenvalue weighted by Gasteiger charge is -2.40. The zero-order valence-corrected chi connectivity index (χ0v) is 11.3. The lowest BCUT2D eigenvalue weighted by molar-refractivity contribution is 0.0569. The minimum Gasteiger partial charge on any atom is -0.331 e. The number of likely N-dealkylation sites (tertiary alicyclic amines) is 1. The molecule has 2 aliphatic rings. The first kappa shape index (κ1) is 11.7. The highest BCUT2D eigenvalue weighted by Crippen LogP contribution is 2.38. The predicted molar refractivity (Wildman–Crippen MR) is 71.8 cm³/mol. The number of likely N-dealkylation sites (N-methyl/N-ethyl adjacent to an activating group) is 1. The first-order chi connectivity index (χ1) is 8.59. The van der Waals surface area contributed by atoms with E-state index < -0.39 is 0 Å². The summed E-state index contributed by atoms with van der Waals surface area (Å²) in [6.07, 6.45) is 0. The van der Waals surface area contributed by atoms with Crippen LogP contribution in [0.2, 0.25) is 0 Å². The van der Waals surface area contributed by atoms with Crippen LogP contribution in [-0.2, 0) is 0 Å². The highest BCUT2D eigenvalue weighted by atomic mass is 16.2. The van der Waals surface area contributed by atoms with Crippen LogP contribution >= 0.6 is 0 Å². The normalized spacial score (nSPS) is 27.6. The van der Waals surface area contributed by atoms with Gasteiger partial charge in [-0.2, -0.15) is 0 Å². The second kappa shape index (κ2) is 4.09. The second-order valence-electron chi connectivity index (χ2n) is 5.79. The van der Waals surface area contributed by atoms with Gasteiger partial charge in [0.1, 0.15) is 0 Å². The maximum absolute atomic E-state index is 12.6. The van der Waals surface area contributed by atoms with Crippen LogP contribution in [0.4, 0.5) is 0 Å². The largest absolute Gasteiger partial charge is 0.331 e. The Balaban J connectivity index is 2.11. The Bertz CT molecular complexity index is 483. The average Bonchev–Trinajstić information content (AvgIpc) is 2.70. The van der Waals surface area contributed by atoms with E-state index >= 15 is 0 Å². The number of carbonyl (C=O) groups is 1. The van der Waals surface area contributed by atoms with Gasteiger partial charge in [-0.3, -0.25) is 4.79 Å². The van der Waals surface area contributed by atoms with Gasteiger partial charge in [0, 0.05) is 30.6 Å². The highest BCUT2D eigenvalue weighted by Gasteiger charge is 2.44. The fraction of sp³-hybridized carbons (Fsp3) is 0.533. The summed E-state index contributed by atoms with van der Waals surface area (Å²) < 4.78 is 0. The number of amides is 1. The van der Waals surface area contributed by atoms with Crippen LogP contribution in [0.3, 0.4) is 0 Å². The zero-order chi connectivity index (χ0) is 12.9. The number of benzene rings is 1. The highest BCUT2D eigenvalue weighted by molar-refractivity contribution is 5.97. The molecule has 1 fully saturated rings. The number of rotatable bonds is 1. The average molecular weight is 244 g/mol. The number of carbonyl (C=O) groups excluding carboxylic acids is 1. The van der Waals surface area contributed by atoms with E-state index in [0.717, 1.165) is 18.7 Å². The molecule has 2 heterocycles. The summed E-state index contributed by atoms with van der Waals surface area (Å²) >= 11 is 0. The molecule has 0 spiro atoms. The SMILES string of the molecule is CC(C)N1C(=O)c2ccccc2C2CN(C)CC21. The molecule has 3 nitrogen and oxygen atoms in total. The van der Waals surface area contributed by atoms with Gasteiger partial charge in [-0.15, -0.1) is 0 Å². The van der Waals surface area contributed by atoms with Gasteiger partial charge in [-0.1, -0.05) is 18.2 Å². The molecule has 0 aromatic heterocycles. The third-order valence-electron chi connectivity index (χ3n) is 4.21. The Labute approximate surface area is 108 Å². The second-order valence-corrected chi connectivity index (χ2v) is 5.79. The van der Waals surface area contributed by atoms with Crippen molar-refractivity contribution >= 4 is 5.91 Å². The Morgan fingerprint density at radius 3 is 2.67 bits per heavy atom. The summed E-state index contributed by atoms with van der Waals surface area (Å²) in [5, 5.41) is 0. The quantitative estimate of drug-likeness (QED) is 0.754. The maximum Gasteiger partial charge on any atom is 0.254 e. The predicted octanol–water partition coefficient (Wildman–Crippen LogP) is 1.95. The van der Waals surface area contributed by atoms with Crippen LogP contribution in [0.1, 0.15) is 35.7 Å². The Morgan fingerprint density at radius 1 is 1.22 bits per heavy atom. The molecule has 1 amide bonds. The monoisotopic (exact) mass is 244 g/mol. The summed E-state index contributed by atoms with van der Waals surface area (Å²) in [6, 6.07) is 8.73. The van der Waals surface area contributed by atoms with Crippen LogP contribution in [0.15, 0.2) is 24.3 Å². The molecule has 18 heavy (non-hydrogen) atoms. The molecule has 1 saturated heterocycles. The molecule has 0 radical (unpaired) electrons. The van der Waals surface area contributed by atoms with Crippen molar-refractivity contribution in [3.8, 4) is 0 Å². The Kier molecular flexibility index (Phi) is 2.67. The lowest BCUT2D eigenvalue weighted by atomic mass is 9.84. The van der Waals surface area contributed by atoms with E-state index in [1.807, 2.05) is 18.2 Å². The molecule has 0 saturated carbocycles. The summed E-state index contributed by atoms with van der Waals surface area (Å²) in [6.45, 7) is 6.27. The van der Waals surface area contributed by atoms with Gasteiger partial charge < -0.3 is 9.80 Å². The molecule has 3 heteroatoms. The first-order valence-corrected chi connectivity index (χ1v) is 6.69. The van der Waals surface area contributed by atoms with E-state index in [-0.39, 0.29) is 11.9 Å².